The normalized spacial score (nSPS) is 18.0. The number of ether oxygens (including phenoxy) is 2. The molecule has 2 rings (SSSR count). The van der Waals surface area contributed by atoms with Crippen molar-refractivity contribution in [2.75, 3.05) is 19.8 Å². The van der Waals surface area contributed by atoms with Crippen molar-refractivity contribution < 1.29 is 19.1 Å². The van der Waals surface area contributed by atoms with Crippen LogP contribution in [0.3, 0.4) is 0 Å². The summed E-state index contributed by atoms with van der Waals surface area (Å²) < 4.78 is 10.8. The molecule has 5 heteroatoms. The van der Waals surface area contributed by atoms with Gasteiger partial charge < -0.3 is 15.2 Å². The molecule has 1 unspecified atom stereocenters. The van der Waals surface area contributed by atoms with Gasteiger partial charge in [0.2, 0.25) is 5.91 Å². The summed E-state index contributed by atoms with van der Waals surface area (Å²) in [5, 5.41) is 0. The highest BCUT2D eigenvalue weighted by atomic mass is 16.5. The van der Waals surface area contributed by atoms with Gasteiger partial charge in [0, 0.05) is 18.1 Å². The Morgan fingerprint density at radius 3 is 2.50 bits per heavy atom. The highest BCUT2D eigenvalue weighted by Crippen LogP contribution is 2.25. The lowest BCUT2D eigenvalue weighted by molar-refractivity contribution is -0.124. The summed E-state index contributed by atoms with van der Waals surface area (Å²) in [6, 6.07) is 3.35. The fourth-order valence-corrected chi connectivity index (χ4v) is 2.37. The minimum atomic E-state index is -0.470. The van der Waals surface area contributed by atoms with Crippen LogP contribution in [0.15, 0.2) is 12.1 Å². The first-order valence-corrected chi connectivity index (χ1v) is 6.63. The molecule has 1 amide bonds. The van der Waals surface area contributed by atoms with Crippen molar-refractivity contribution in [3.05, 3.63) is 28.8 Å². The van der Waals surface area contributed by atoms with Crippen LogP contribution in [0, 0.1) is 19.8 Å². The van der Waals surface area contributed by atoms with E-state index in [1.54, 1.807) is 12.1 Å². The molecule has 0 radical (unpaired) electrons. The zero-order chi connectivity index (χ0) is 14.7. The molecule has 1 saturated heterocycles. The van der Waals surface area contributed by atoms with Gasteiger partial charge in [0.25, 0.3) is 0 Å². The molecular weight excluding hydrogens is 258 g/mol. The van der Waals surface area contributed by atoms with Crippen LogP contribution in [0.4, 0.5) is 0 Å². The molecule has 1 aromatic rings. The van der Waals surface area contributed by atoms with E-state index in [-0.39, 0.29) is 18.3 Å². The molecular formula is C15H19NO4. The first-order valence-electron chi connectivity index (χ1n) is 6.63. The number of benzene rings is 1. The van der Waals surface area contributed by atoms with Gasteiger partial charge in [-0.1, -0.05) is 0 Å². The van der Waals surface area contributed by atoms with E-state index in [0.29, 0.717) is 24.5 Å². The molecule has 0 spiro atoms. The quantitative estimate of drug-likeness (QED) is 0.882. The summed E-state index contributed by atoms with van der Waals surface area (Å²) in [6.45, 7) is 4.82. The molecule has 20 heavy (non-hydrogen) atoms. The first-order chi connectivity index (χ1) is 9.49. The van der Waals surface area contributed by atoms with Crippen molar-refractivity contribution in [3.8, 4) is 5.75 Å². The van der Waals surface area contributed by atoms with Gasteiger partial charge in [-0.2, -0.15) is 0 Å². The molecule has 0 aromatic heterocycles. The number of hydrogen-bond acceptors (Lipinski definition) is 4. The third-order valence-corrected chi connectivity index (χ3v) is 3.49. The van der Waals surface area contributed by atoms with Crippen molar-refractivity contribution in [2.24, 2.45) is 11.7 Å². The molecule has 1 heterocycles. The Hall–Kier alpha value is -1.88. The maximum Gasteiger partial charge on any atom is 0.248 e. The zero-order valence-corrected chi connectivity index (χ0v) is 11.8. The van der Waals surface area contributed by atoms with Crippen molar-refractivity contribution in [1.29, 1.82) is 0 Å². The third kappa shape index (κ3) is 3.17. The number of carbonyl (C=O) groups excluding carboxylic acids is 2. The van der Waals surface area contributed by atoms with E-state index in [0.717, 1.165) is 17.5 Å². The Labute approximate surface area is 118 Å². The Balaban J connectivity index is 2.05. The summed E-state index contributed by atoms with van der Waals surface area (Å²) in [4.78, 5) is 23.1. The molecule has 1 aromatic carbocycles. The standard InChI is InChI=1S/C15H19NO4/c1-9-5-12(15(16)18)6-10(2)14(9)20-8-13(17)11-3-4-19-7-11/h5-6,11H,3-4,7-8H2,1-2H3,(H2,16,18). The van der Waals surface area contributed by atoms with Crippen molar-refractivity contribution >= 4 is 11.7 Å². The van der Waals surface area contributed by atoms with Gasteiger partial charge in [0.15, 0.2) is 5.78 Å². The van der Waals surface area contributed by atoms with Gasteiger partial charge in [0.1, 0.15) is 12.4 Å². The summed E-state index contributed by atoms with van der Waals surface area (Å²) in [5.74, 6) is 0.171. The van der Waals surface area contributed by atoms with Crippen molar-refractivity contribution in [2.45, 2.75) is 20.3 Å². The van der Waals surface area contributed by atoms with Crippen LogP contribution in [-0.4, -0.2) is 31.5 Å². The second-order valence-corrected chi connectivity index (χ2v) is 5.12. The SMILES string of the molecule is Cc1cc(C(N)=O)cc(C)c1OCC(=O)C1CCOC1. The van der Waals surface area contributed by atoms with Gasteiger partial charge >= 0.3 is 0 Å². The Kier molecular flexibility index (Phi) is 4.39. The second kappa shape index (κ2) is 6.05. The lowest BCUT2D eigenvalue weighted by atomic mass is 10.0. The molecule has 2 N–H and O–H groups in total. The zero-order valence-electron chi connectivity index (χ0n) is 11.8. The molecule has 1 aliphatic heterocycles. The molecule has 0 aliphatic carbocycles. The lowest BCUT2D eigenvalue weighted by Crippen LogP contribution is -2.22. The monoisotopic (exact) mass is 277 g/mol. The van der Waals surface area contributed by atoms with E-state index in [1.807, 2.05) is 13.8 Å². The number of amides is 1. The maximum atomic E-state index is 11.9. The van der Waals surface area contributed by atoms with Crippen LogP contribution < -0.4 is 10.5 Å². The largest absolute Gasteiger partial charge is 0.485 e. The van der Waals surface area contributed by atoms with Crippen LogP contribution in [0.25, 0.3) is 0 Å². The molecule has 1 fully saturated rings. The van der Waals surface area contributed by atoms with Crippen LogP contribution in [-0.2, 0) is 9.53 Å². The highest BCUT2D eigenvalue weighted by Gasteiger charge is 2.24. The molecule has 108 valence electrons. The molecule has 5 nitrogen and oxygen atoms in total. The van der Waals surface area contributed by atoms with Gasteiger partial charge in [0.05, 0.1) is 6.61 Å². The van der Waals surface area contributed by atoms with E-state index in [2.05, 4.69) is 0 Å². The average Bonchev–Trinajstić information content (AvgIpc) is 2.91. The lowest BCUT2D eigenvalue weighted by Gasteiger charge is -2.14. The van der Waals surface area contributed by atoms with E-state index in [9.17, 15) is 9.59 Å². The topological polar surface area (TPSA) is 78.6 Å². The molecule has 1 aliphatic rings. The van der Waals surface area contributed by atoms with Crippen molar-refractivity contribution in [3.63, 3.8) is 0 Å². The number of carbonyl (C=O) groups is 2. The summed E-state index contributed by atoms with van der Waals surface area (Å²) in [5.41, 5.74) is 7.31. The highest BCUT2D eigenvalue weighted by molar-refractivity contribution is 5.93. The minimum absolute atomic E-state index is 0.0334. The van der Waals surface area contributed by atoms with E-state index in [4.69, 9.17) is 15.2 Å². The number of Topliss-reactive ketones (excluding diaryl/α,β-unsaturated/α-hetero) is 1. The molecule has 0 bridgehead atoms. The summed E-state index contributed by atoms with van der Waals surface area (Å²) in [7, 11) is 0. The Morgan fingerprint density at radius 1 is 1.35 bits per heavy atom. The fraction of sp³-hybridized carbons (Fsp3) is 0.467. The summed E-state index contributed by atoms with van der Waals surface area (Å²) >= 11 is 0. The van der Waals surface area contributed by atoms with Gasteiger partial charge in [-0.05, 0) is 43.5 Å². The smallest absolute Gasteiger partial charge is 0.248 e. The first kappa shape index (κ1) is 14.5. The van der Waals surface area contributed by atoms with Gasteiger partial charge in [-0.25, -0.2) is 0 Å². The number of hydrogen-bond donors (Lipinski definition) is 1. The Morgan fingerprint density at radius 2 is 2.00 bits per heavy atom. The van der Waals surface area contributed by atoms with E-state index in [1.165, 1.54) is 0 Å². The van der Waals surface area contributed by atoms with Crippen molar-refractivity contribution in [1.82, 2.24) is 0 Å². The predicted molar refractivity (Wildman–Crippen MR) is 73.9 cm³/mol. The third-order valence-electron chi connectivity index (χ3n) is 3.49. The fourth-order valence-electron chi connectivity index (χ4n) is 2.37. The second-order valence-electron chi connectivity index (χ2n) is 5.12. The number of aryl methyl sites for hydroxylation is 2. The van der Waals surface area contributed by atoms with Gasteiger partial charge in [-0.3, -0.25) is 9.59 Å². The van der Waals surface area contributed by atoms with Gasteiger partial charge in [-0.15, -0.1) is 0 Å². The minimum Gasteiger partial charge on any atom is -0.485 e. The van der Waals surface area contributed by atoms with Crippen LogP contribution in [0.1, 0.15) is 27.9 Å². The average molecular weight is 277 g/mol. The van der Waals surface area contributed by atoms with Crippen LogP contribution in [0.2, 0.25) is 0 Å². The Bertz CT molecular complexity index is 510. The number of nitrogens with two attached hydrogens (primary N) is 1. The summed E-state index contributed by atoms with van der Waals surface area (Å²) in [6.07, 6.45) is 0.765. The number of rotatable bonds is 5. The molecule has 1 atom stereocenters. The van der Waals surface area contributed by atoms with E-state index < -0.39 is 5.91 Å². The van der Waals surface area contributed by atoms with Crippen LogP contribution >= 0.6 is 0 Å². The predicted octanol–water partition coefficient (Wildman–Crippen LogP) is 1.39. The van der Waals surface area contributed by atoms with E-state index >= 15 is 0 Å². The molecule has 0 saturated carbocycles. The number of primary amides is 1. The maximum absolute atomic E-state index is 11.9. The van der Waals surface area contributed by atoms with Crippen LogP contribution in [0.5, 0.6) is 5.75 Å². The number of ketones is 1.